The smallest absolute Gasteiger partial charge is 0.129 e. The first-order valence-electron chi connectivity index (χ1n) is 9.85. The lowest BCUT2D eigenvalue weighted by molar-refractivity contribution is 0.236. The Kier molecular flexibility index (Phi) is 9.08. The Balaban J connectivity index is 0.00000320. The Bertz CT molecular complexity index is 938. The van der Waals surface area contributed by atoms with Crippen LogP contribution in [-0.4, -0.2) is 40.3 Å². The number of nitrogens with zero attached hydrogens (tertiary/aromatic N) is 3. The maximum Gasteiger partial charge on any atom is 0.129 e. The predicted molar refractivity (Wildman–Crippen MR) is 125 cm³/mol. The molecule has 0 amide bonds. The summed E-state index contributed by atoms with van der Waals surface area (Å²) in [5.74, 6) is 2.11. The normalized spacial score (nSPS) is 12.5. The minimum atomic E-state index is 0. The number of rotatable bonds is 9. The molecule has 0 aliphatic heterocycles. The van der Waals surface area contributed by atoms with Gasteiger partial charge in [0.15, 0.2) is 0 Å². The molecule has 0 unspecified atom stereocenters. The molecule has 0 fully saturated rings. The lowest BCUT2D eigenvalue weighted by atomic mass is 10.00. The van der Waals surface area contributed by atoms with Crippen molar-refractivity contribution < 1.29 is 9.84 Å². The lowest BCUT2D eigenvalue weighted by Gasteiger charge is -2.16. The highest BCUT2D eigenvalue weighted by atomic mass is 32.1. The topological polar surface area (TPSA) is 80.2 Å². The molecular weight excluding hydrogens is 396 g/mol. The molecule has 160 valence electrons. The molecule has 0 saturated carbocycles. The van der Waals surface area contributed by atoms with E-state index in [1.54, 1.807) is 19.6 Å². The van der Waals surface area contributed by atoms with Gasteiger partial charge in [0.05, 0.1) is 12.8 Å². The van der Waals surface area contributed by atoms with Crippen molar-refractivity contribution in [1.29, 1.82) is 0 Å². The molecule has 3 rings (SSSR count). The molecular formula is C23H30N4O2S. The molecule has 2 aromatic heterocycles. The largest absolute Gasteiger partial charge is 0.496 e. The highest BCUT2D eigenvalue weighted by molar-refractivity contribution is 7.59. The molecule has 0 aliphatic rings. The summed E-state index contributed by atoms with van der Waals surface area (Å²) in [6.07, 6.45) is 4.09. The van der Waals surface area contributed by atoms with Gasteiger partial charge in [0, 0.05) is 42.6 Å². The average molecular weight is 427 g/mol. The quantitative estimate of drug-likeness (QED) is 0.537. The number of anilines is 1. The fourth-order valence-electron chi connectivity index (χ4n) is 3.22. The first kappa shape index (κ1) is 23.6. The number of hydrogen-bond acceptors (Lipinski definition) is 6. The van der Waals surface area contributed by atoms with Crippen LogP contribution in [0.3, 0.4) is 0 Å². The van der Waals surface area contributed by atoms with Gasteiger partial charge >= 0.3 is 0 Å². The van der Waals surface area contributed by atoms with E-state index in [-0.39, 0.29) is 31.9 Å². The van der Waals surface area contributed by atoms with Crippen LogP contribution in [0.4, 0.5) is 5.82 Å². The Morgan fingerprint density at radius 3 is 2.63 bits per heavy atom. The second kappa shape index (κ2) is 11.5. The predicted octanol–water partition coefficient (Wildman–Crippen LogP) is 4.05. The van der Waals surface area contributed by atoms with E-state index in [1.807, 2.05) is 43.3 Å². The number of nitrogens with one attached hydrogen (secondary N) is 1. The molecule has 0 aliphatic carbocycles. The number of para-hydroxylation sites is 1. The van der Waals surface area contributed by atoms with Crippen LogP contribution in [0.15, 0.2) is 55.0 Å². The third-order valence-electron chi connectivity index (χ3n) is 4.91. The number of aliphatic hydroxyl groups is 1. The third kappa shape index (κ3) is 6.18. The molecule has 6 nitrogen and oxygen atoms in total. The van der Waals surface area contributed by atoms with Crippen LogP contribution >= 0.6 is 13.5 Å². The van der Waals surface area contributed by atoms with Crippen molar-refractivity contribution in [3.63, 3.8) is 0 Å². The van der Waals surface area contributed by atoms with E-state index in [1.165, 1.54) is 0 Å². The average Bonchev–Trinajstić information content (AvgIpc) is 2.77. The molecule has 0 saturated heterocycles. The number of hydrogen-bond donors (Lipinski definition) is 2. The summed E-state index contributed by atoms with van der Waals surface area (Å²) >= 11 is 0. The van der Waals surface area contributed by atoms with Gasteiger partial charge in [-0.1, -0.05) is 32.0 Å². The lowest BCUT2D eigenvalue weighted by Crippen LogP contribution is -2.12. The van der Waals surface area contributed by atoms with Crippen LogP contribution < -0.4 is 10.1 Å². The molecule has 0 radical (unpaired) electrons. The SMILES string of the molecule is COc1ccccc1[C@H](C)CNc1cc(-c2ccnc(C[C@@H](C)CO)c2)ncn1.S. The first-order valence-corrected chi connectivity index (χ1v) is 9.85. The summed E-state index contributed by atoms with van der Waals surface area (Å²) in [5.41, 5.74) is 3.94. The fraction of sp³-hybridized carbons (Fsp3) is 0.348. The maximum absolute atomic E-state index is 9.27. The molecule has 7 heteroatoms. The zero-order valence-corrected chi connectivity index (χ0v) is 18.7. The summed E-state index contributed by atoms with van der Waals surface area (Å²) in [6.45, 7) is 5.04. The zero-order valence-electron chi connectivity index (χ0n) is 17.7. The molecule has 3 aromatic rings. The van der Waals surface area contributed by atoms with E-state index in [9.17, 15) is 5.11 Å². The summed E-state index contributed by atoms with van der Waals surface area (Å²) in [5, 5.41) is 12.7. The van der Waals surface area contributed by atoms with Crippen molar-refractivity contribution in [2.24, 2.45) is 5.92 Å². The van der Waals surface area contributed by atoms with Crippen molar-refractivity contribution >= 4 is 19.3 Å². The van der Waals surface area contributed by atoms with Crippen LogP contribution in [0.2, 0.25) is 0 Å². The van der Waals surface area contributed by atoms with Crippen molar-refractivity contribution in [2.45, 2.75) is 26.2 Å². The third-order valence-corrected chi connectivity index (χ3v) is 4.91. The van der Waals surface area contributed by atoms with Crippen LogP contribution in [0.1, 0.15) is 31.0 Å². The Hall–Kier alpha value is -2.64. The summed E-state index contributed by atoms with van der Waals surface area (Å²) in [6, 6.07) is 14.0. The van der Waals surface area contributed by atoms with E-state index in [4.69, 9.17) is 4.74 Å². The van der Waals surface area contributed by atoms with Crippen molar-refractivity contribution in [3.05, 3.63) is 66.2 Å². The number of ether oxygens (including phenoxy) is 1. The van der Waals surface area contributed by atoms with E-state index >= 15 is 0 Å². The molecule has 0 spiro atoms. The van der Waals surface area contributed by atoms with Crippen LogP contribution in [0.5, 0.6) is 5.75 Å². The number of aromatic nitrogens is 3. The fourth-order valence-corrected chi connectivity index (χ4v) is 3.22. The molecule has 2 N–H and O–H groups in total. The van der Waals surface area contributed by atoms with Crippen molar-refractivity contribution in [2.75, 3.05) is 25.6 Å². The monoisotopic (exact) mass is 426 g/mol. The van der Waals surface area contributed by atoms with Gasteiger partial charge in [0.25, 0.3) is 0 Å². The molecule has 30 heavy (non-hydrogen) atoms. The number of aliphatic hydroxyl groups excluding tert-OH is 1. The Morgan fingerprint density at radius 1 is 1.07 bits per heavy atom. The summed E-state index contributed by atoms with van der Waals surface area (Å²) in [7, 11) is 1.69. The second-order valence-electron chi connectivity index (χ2n) is 7.34. The Labute approximate surface area is 185 Å². The highest BCUT2D eigenvalue weighted by Gasteiger charge is 2.12. The molecule has 2 heterocycles. The first-order chi connectivity index (χ1) is 14.1. The number of benzene rings is 1. The van der Waals surface area contributed by atoms with Gasteiger partial charge < -0.3 is 15.2 Å². The van der Waals surface area contributed by atoms with Gasteiger partial charge in [-0.25, -0.2) is 9.97 Å². The Morgan fingerprint density at radius 2 is 1.87 bits per heavy atom. The minimum absolute atomic E-state index is 0. The number of methoxy groups -OCH3 is 1. The molecule has 0 bridgehead atoms. The highest BCUT2D eigenvalue weighted by Crippen LogP contribution is 2.26. The van der Waals surface area contributed by atoms with Gasteiger partial charge in [-0.15, -0.1) is 0 Å². The van der Waals surface area contributed by atoms with Gasteiger partial charge in [-0.05, 0) is 36.1 Å². The van der Waals surface area contributed by atoms with Gasteiger partial charge in [-0.2, -0.15) is 13.5 Å². The van der Waals surface area contributed by atoms with Gasteiger partial charge in [0.2, 0.25) is 0 Å². The standard InChI is InChI=1S/C23H28N4O2.H2S/c1-16(14-28)10-19-11-18(8-9-24-19)21-12-23(27-15-26-21)25-13-17(2)20-6-4-5-7-22(20)29-3;/h4-9,11-12,15-17,28H,10,13-14H2,1-3H3,(H,25,26,27);1H2/t16-,17-;/m1./s1. The van der Waals surface area contributed by atoms with Crippen LogP contribution in [0.25, 0.3) is 11.3 Å². The molecule has 1 aromatic carbocycles. The summed E-state index contributed by atoms with van der Waals surface area (Å²) in [4.78, 5) is 13.2. The summed E-state index contributed by atoms with van der Waals surface area (Å²) < 4.78 is 5.47. The number of pyridine rings is 1. The maximum atomic E-state index is 9.27. The van der Waals surface area contributed by atoms with Crippen molar-refractivity contribution in [1.82, 2.24) is 15.0 Å². The van der Waals surface area contributed by atoms with Gasteiger partial charge in [0.1, 0.15) is 17.9 Å². The van der Waals surface area contributed by atoms with Crippen molar-refractivity contribution in [3.8, 4) is 17.0 Å². The van der Waals surface area contributed by atoms with E-state index in [0.717, 1.165) is 47.0 Å². The van der Waals surface area contributed by atoms with E-state index in [2.05, 4.69) is 33.3 Å². The minimum Gasteiger partial charge on any atom is -0.496 e. The zero-order chi connectivity index (χ0) is 20.6. The second-order valence-corrected chi connectivity index (χ2v) is 7.34. The molecule has 2 atom stereocenters. The van der Waals surface area contributed by atoms with E-state index < -0.39 is 0 Å². The van der Waals surface area contributed by atoms with Crippen LogP contribution in [0, 0.1) is 5.92 Å². The van der Waals surface area contributed by atoms with E-state index in [0.29, 0.717) is 0 Å². The van der Waals surface area contributed by atoms with Gasteiger partial charge in [-0.3, -0.25) is 4.98 Å². The van der Waals surface area contributed by atoms with Crippen LogP contribution in [-0.2, 0) is 6.42 Å².